The third kappa shape index (κ3) is 3.12. The number of benzene rings is 1. The maximum absolute atomic E-state index is 11.9. The van der Waals surface area contributed by atoms with Crippen LogP contribution in [0.2, 0.25) is 0 Å². The van der Waals surface area contributed by atoms with Crippen LogP contribution in [0.1, 0.15) is 28.8 Å². The Bertz CT molecular complexity index is 487. The van der Waals surface area contributed by atoms with Gasteiger partial charge in [0.05, 0.1) is 7.11 Å². The molecule has 1 aliphatic heterocycles. The minimum absolute atomic E-state index is 0.186. The fourth-order valence-corrected chi connectivity index (χ4v) is 2.16. The lowest BCUT2D eigenvalue weighted by atomic mass is 10.1. The van der Waals surface area contributed by atoms with E-state index in [1.165, 1.54) is 12.2 Å². The second kappa shape index (κ2) is 5.84. The first-order chi connectivity index (χ1) is 9.11. The zero-order valence-corrected chi connectivity index (χ0v) is 11.3. The van der Waals surface area contributed by atoms with E-state index < -0.39 is 0 Å². The lowest BCUT2D eigenvalue weighted by Gasteiger charge is -2.17. The third-order valence-corrected chi connectivity index (χ3v) is 3.28. The van der Waals surface area contributed by atoms with Gasteiger partial charge < -0.3 is 4.90 Å². The summed E-state index contributed by atoms with van der Waals surface area (Å²) in [6.45, 7) is 1.37. The molecule has 0 saturated carbocycles. The van der Waals surface area contributed by atoms with Crippen LogP contribution in [0.15, 0.2) is 24.3 Å². The first-order valence-electron chi connectivity index (χ1n) is 6.30. The molecule has 1 fully saturated rings. The van der Waals surface area contributed by atoms with Crippen molar-refractivity contribution in [2.24, 2.45) is 0 Å². The number of likely N-dealkylation sites (tertiary alicyclic amines) is 1. The Hall–Kier alpha value is -1.88. The molecule has 2 rings (SSSR count). The predicted octanol–water partition coefficient (Wildman–Crippen LogP) is 1.44. The molecule has 0 unspecified atom stereocenters. The van der Waals surface area contributed by atoms with Crippen LogP contribution in [0.4, 0.5) is 0 Å². The monoisotopic (exact) mass is 262 g/mol. The van der Waals surface area contributed by atoms with Gasteiger partial charge in [0, 0.05) is 32.1 Å². The van der Waals surface area contributed by atoms with Crippen LogP contribution in [-0.2, 0) is 16.2 Å². The summed E-state index contributed by atoms with van der Waals surface area (Å²) in [7, 11) is 3.02. The van der Waals surface area contributed by atoms with E-state index in [-0.39, 0.29) is 11.8 Å². The van der Waals surface area contributed by atoms with Crippen molar-refractivity contribution in [3.05, 3.63) is 35.4 Å². The lowest BCUT2D eigenvalue weighted by molar-refractivity contribution is -0.128. The minimum Gasteiger partial charge on any atom is -0.338 e. The van der Waals surface area contributed by atoms with Crippen LogP contribution >= 0.6 is 0 Å². The Morgan fingerprint density at radius 2 is 2.26 bits per heavy atom. The second-order valence-electron chi connectivity index (χ2n) is 4.60. The quantitative estimate of drug-likeness (QED) is 0.772. The molecule has 1 heterocycles. The van der Waals surface area contributed by atoms with E-state index in [9.17, 15) is 9.59 Å². The van der Waals surface area contributed by atoms with Crippen molar-refractivity contribution >= 4 is 11.8 Å². The fourth-order valence-electron chi connectivity index (χ4n) is 2.16. The summed E-state index contributed by atoms with van der Waals surface area (Å²) >= 11 is 0. The highest BCUT2D eigenvalue weighted by Gasteiger charge is 2.20. The van der Waals surface area contributed by atoms with Crippen LogP contribution in [0, 0.1) is 0 Å². The SMILES string of the molecule is CON(C)C(=O)c1cccc(CN2CCCC2=O)c1. The second-order valence-corrected chi connectivity index (χ2v) is 4.60. The Kier molecular flexibility index (Phi) is 4.16. The molecule has 1 aromatic carbocycles. The van der Waals surface area contributed by atoms with E-state index in [0.717, 1.165) is 18.5 Å². The minimum atomic E-state index is -0.197. The number of hydrogen-bond acceptors (Lipinski definition) is 3. The van der Waals surface area contributed by atoms with Gasteiger partial charge in [-0.05, 0) is 24.1 Å². The van der Waals surface area contributed by atoms with E-state index in [2.05, 4.69) is 0 Å². The van der Waals surface area contributed by atoms with Crippen molar-refractivity contribution < 1.29 is 14.4 Å². The van der Waals surface area contributed by atoms with Crippen molar-refractivity contribution in [2.45, 2.75) is 19.4 Å². The van der Waals surface area contributed by atoms with Gasteiger partial charge in [-0.2, -0.15) is 0 Å². The number of nitrogens with zero attached hydrogens (tertiary/aromatic N) is 2. The van der Waals surface area contributed by atoms with Crippen LogP contribution in [0.5, 0.6) is 0 Å². The molecule has 0 radical (unpaired) electrons. The molecular weight excluding hydrogens is 244 g/mol. The molecule has 5 heteroatoms. The first-order valence-corrected chi connectivity index (χ1v) is 6.30. The van der Waals surface area contributed by atoms with E-state index in [0.29, 0.717) is 18.5 Å². The number of amides is 2. The van der Waals surface area contributed by atoms with Crippen LogP contribution < -0.4 is 0 Å². The van der Waals surface area contributed by atoms with Gasteiger partial charge in [0.15, 0.2) is 0 Å². The topological polar surface area (TPSA) is 49.9 Å². The zero-order chi connectivity index (χ0) is 13.8. The Labute approximate surface area is 112 Å². The molecule has 102 valence electrons. The van der Waals surface area contributed by atoms with Crippen LogP contribution in [0.3, 0.4) is 0 Å². The van der Waals surface area contributed by atoms with E-state index in [1.54, 1.807) is 13.1 Å². The van der Waals surface area contributed by atoms with Gasteiger partial charge in [0.25, 0.3) is 5.91 Å². The summed E-state index contributed by atoms with van der Waals surface area (Å²) < 4.78 is 0. The van der Waals surface area contributed by atoms with E-state index in [1.807, 2.05) is 23.1 Å². The summed E-state index contributed by atoms with van der Waals surface area (Å²) in [6.07, 6.45) is 1.55. The Balaban J connectivity index is 2.11. The molecule has 1 aromatic rings. The summed E-state index contributed by atoms with van der Waals surface area (Å²) in [5, 5.41) is 1.18. The molecule has 0 aliphatic carbocycles. The van der Waals surface area contributed by atoms with Crippen LogP contribution in [-0.4, -0.2) is 42.5 Å². The number of carbonyl (C=O) groups is 2. The van der Waals surface area contributed by atoms with Crippen molar-refractivity contribution in [2.75, 3.05) is 20.7 Å². The van der Waals surface area contributed by atoms with Gasteiger partial charge in [-0.15, -0.1) is 0 Å². The smallest absolute Gasteiger partial charge is 0.277 e. The average molecular weight is 262 g/mol. The molecule has 0 bridgehead atoms. The molecule has 19 heavy (non-hydrogen) atoms. The molecule has 2 amide bonds. The third-order valence-electron chi connectivity index (χ3n) is 3.28. The van der Waals surface area contributed by atoms with Crippen molar-refractivity contribution in [1.29, 1.82) is 0 Å². The molecule has 1 aliphatic rings. The Morgan fingerprint density at radius 1 is 1.47 bits per heavy atom. The zero-order valence-electron chi connectivity index (χ0n) is 11.3. The van der Waals surface area contributed by atoms with Gasteiger partial charge >= 0.3 is 0 Å². The number of rotatable bonds is 4. The molecule has 0 aromatic heterocycles. The van der Waals surface area contributed by atoms with Crippen molar-refractivity contribution in [1.82, 2.24) is 9.96 Å². The van der Waals surface area contributed by atoms with Gasteiger partial charge in [-0.1, -0.05) is 12.1 Å². The van der Waals surface area contributed by atoms with Gasteiger partial charge in [-0.25, -0.2) is 5.06 Å². The van der Waals surface area contributed by atoms with Crippen molar-refractivity contribution in [3.63, 3.8) is 0 Å². The lowest BCUT2D eigenvalue weighted by Crippen LogP contribution is -2.26. The van der Waals surface area contributed by atoms with Gasteiger partial charge in [0.2, 0.25) is 5.91 Å². The normalized spacial score (nSPS) is 14.8. The summed E-state index contributed by atoms with van der Waals surface area (Å²) in [4.78, 5) is 30.2. The number of hydroxylamine groups is 2. The highest BCUT2D eigenvalue weighted by atomic mass is 16.7. The maximum Gasteiger partial charge on any atom is 0.277 e. The first kappa shape index (κ1) is 13.5. The molecule has 0 atom stereocenters. The molecule has 0 N–H and O–H groups in total. The van der Waals surface area contributed by atoms with Crippen LogP contribution in [0.25, 0.3) is 0 Å². The summed E-state index contributed by atoms with van der Waals surface area (Å²) in [6, 6.07) is 7.30. The van der Waals surface area contributed by atoms with Crippen molar-refractivity contribution in [3.8, 4) is 0 Å². The Morgan fingerprint density at radius 3 is 2.89 bits per heavy atom. The van der Waals surface area contributed by atoms with Gasteiger partial charge in [-0.3, -0.25) is 14.4 Å². The molecule has 0 spiro atoms. The molecule has 5 nitrogen and oxygen atoms in total. The summed E-state index contributed by atoms with van der Waals surface area (Å²) in [5.74, 6) is -0.0113. The molecule has 1 saturated heterocycles. The largest absolute Gasteiger partial charge is 0.338 e. The number of hydrogen-bond donors (Lipinski definition) is 0. The molecular formula is C14H18N2O3. The highest BCUT2D eigenvalue weighted by Crippen LogP contribution is 2.15. The standard InChI is InChI=1S/C14H18N2O3/c1-15(19-2)14(18)12-6-3-5-11(9-12)10-16-8-4-7-13(16)17/h3,5-6,9H,4,7-8,10H2,1-2H3. The predicted molar refractivity (Wildman–Crippen MR) is 70.2 cm³/mol. The highest BCUT2D eigenvalue weighted by molar-refractivity contribution is 5.93. The fraction of sp³-hybridized carbons (Fsp3) is 0.429. The van der Waals surface area contributed by atoms with Gasteiger partial charge in [0.1, 0.15) is 0 Å². The van der Waals surface area contributed by atoms with E-state index in [4.69, 9.17) is 4.84 Å². The van der Waals surface area contributed by atoms with E-state index >= 15 is 0 Å². The average Bonchev–Trinajstić information content (AvgIpc) is 2.83. The summed E-state index contributed by atoms with van der Waals surface area (Å²) in [5.41, 5.74) is 1.53. The number of carbonyl (C=O) groups excluding carboxylic acids is 2. The maximum atomic E-state index is 11.9.